The van der Waals surface area contributed by atoms with Crippen molar-refractivity contribution in [3.05, 3.63) is 0 Å². The van der Waals surface area contributed by atoms with E-state index in [4.69, 9.17) is 15.2 Å². The Kier molecular flexibility index (Phi) is 14.4. The zero-order chi connectivity index (χ0) is 16.7. The van der Waals surface area contributed by atoms with Crippen molar-refractivity contribution < 1.29 is 9.47 Å². The van der Waals surface area contributed by atoms with Crippen LogP contribution in [0.25, 0.3) is 0 Å². The molecule has 0 spiro atoms. The van der Waals surface area contributed by atoms with Gasteiger partial charge in [0.05, 0.1) is 0 Å². The molecule has 0 aliphatic carbocycles. The zero-order valence-electron chi connectivity index (χ0n) is 15.7. The first-order valence-electron chi connectivity index (χ1n) is 9.68. The molecule has 134 valence electrons. The minimum absolute atomic E-state index is 0.307. The average molecular weight is 316 g/mol. The van der Waals surface area contributed by atoms with E-state index in [0.717, 1.165) is 38.9 Å². The predicted molar refractivity (Wildman–Crippen MR) is 96.0 cm³/mol. The Morgan fingerprint density at radius 1 is 0.773 bits per heavy atom. The maximum absolute atomic E-state index is 6.18. The van der Waals surface area contributed by atoms with Gasteiger partial charge in [-0.3, -0.25) is 0 Å². The van der Waals surface area contributed by atoms with Gasteiger partial charge in [0.15, 0.2) is 5.79 Å². The lowest BCUT2D eigenvalue weighted by atomic mass is 9.89. The van der Waals surface area contributed by atoms with Crippen LogP contribution in [0.5, 0.6) is 0 Å². The van der Waals surface area contributed by atoms with Crippen LogP contribution in [-0.4, -0.2) is 25.5 Å². The second-order valence-electron chi connectivity index (χ2n) is 6.35. The fourth-order valence-electron chi connectivity index (χ4n) is 3.01. The summed E-state index contributed by atoms with van der Waals surface area (Å²) in [4.78, 5) is 0. The van der Waals surface area contributed by atoms with Gasteiger partial charge in [0, 0.05) is 25.7 Å². The molecule has 0 aromatic heterocycles. The monoisotopic (exact) mass is 315 g/mol. The smallest absolute Gasteiger partial charge is 0.171 e. The zero-order valence-corrected chi connectivity index (χ0v) is 15.7. The van der Waals surface area contributed by atoms with E-state index in [0.29, 0.717) is 12.5 Å². The normalized spacial score (nSPS) is 13.5. The lowest BCUT2D eigenvalue weighted by Gasteiger charge is -2.39. The van der Waals surface area contributed by atoms with Crippen molar-refractivity contribution in [2.24, 2.45) is 11.7 Å². The molecule has 0 saturated carbocycles. The van der Waals surface area contributed by atoms with Crippen LogP contribution in [-0.2, 0) is 9.47 Å². The van der Waals surface area contributed by atoms with E-state index in [1.807, 2.05) is 0 Å². The predicted octanol–water partition coefficient (Wildman–Crippen LogP) is 5.27. The van der Waals surface area contributed by atoms with Gasteiger partial charge in [0.2, 0.25) is 0 Å². The maximum atomic E-state index is 6.18. The number of hydrogen-bond donors (Lipinski definition) is 1. The second-order valence-corrected chi connectivity index (χ2v) is 6.35. The number of ether oxygens (including phenoxy) is 2. The van der Waals surface area contributed by atoms with Gasteiger partial charge in [0.1, 0.15) is 0 Å². The van der Waals surface area contributed by atoms with Crippen LogP contribution in [0.2, 0.25) is 0 Å². The van der Waals surface area contributed by atoms with Crippen LogP contribution in [0.3, 0.4) is 0 Å². The van der Waals surface area contributed by atoms with E-state index in [1.54, 1.807) is 0 Å². The van der Waals surface area contributed by atoms with E-state index in [2.05, 4.69) is 27.7 Å². The first kappa shape index (κ1) is 21.9. The van der Waals surface area contributed by atoms with Gasteiger partial charge >= 0.3 is 0 Å². The van der Waals surface area contributed by atoms with E-state index < -0.39 is 5.79 Å². The van der Waals surface area contributed by atoms with Gasteiger partial charge in [-0.2, -0.15) is 0 Å². The van der Waals surface area contributed by atoms with Crippen molar-refractivity contribution in [1.82, 2.24) is 0 Å². The Bertz CT molecular complexity index is 225. The van der Waals surface area contributed by atoms with Crippen molar-refractivity contribution in [1.29, 1.82) is 0 Å². The quantitative estimate of drug-likeness (QED) is 0.312. The lowest BCUT2D eigenvalue weighted by Crippen LogP contribution is -2.47. The summed E-state index contributed by atoms with van der Waals surface area (Å²) >= 11 is 0. The van der Waals surface area contributed by atoms with E-state index in [-0.39, 0.29) is 0 Å². The molecule has 0 aliphatic rings. The fraction of sp³-hybridized carbons (Fsp3) is 1.00. The SMILES string of the molecule is CCCCCCCCC(CN)C(CC)(OCCC)OCCC. The highest BCUT2D eigenvalue weighted by Crippen LogP contribution is 2.32. The molecule has 0 aromatic carbocycles. The van der Waals surface area contributed by atoms with E-state index in [9.17, 15) is 0 Å². The summed E-state index contributed by atoms with van der Waals surface area (Å²) in [6, 6.07) is 0. The van der Waals surface area contributed by atoms with Crippen LogP contribution in [0.4, 0.5) is 0 Å². The molecule has 0 heterocycles. The molecule has 0 aromatic rings. The summed E-state index contributed by atoms with van der Waals surface area (Å²) in [6.07, 6.45) is 11.9. The summed E-state index contributed by atoms with van der Waals surface area (Å²) < 4.78 is 12.4. The molecule has 0 fully saturated rings. The second kappa shape index (κ2) is 14.5. The average Bonchev–Trinajstić information content (AvgIpc) is 2.55. The van der Waals surface area contributed by atoms with Gasteiger partial charge in [-0.1, -0.05) is 66.2 Å². The fourth-order valence-corrected chi connectivity index (χ4v) is 3.01. The number of unbranched alkanes of at least 4 members (excludes halogenated alkanes) is 5. The molecule has 1 atom stereocenters. The molecule has 22 heavy (non-hydrogen) atoms. The van der Waals surface area contributed by atoms with Gasteiger partial charge in [-0.15, -0.1) is 0 Å². The molecular weight excluding hydrogens is 274 g/mol. The number of rotatable bonds is 16. The molecule has 3 nitrogen and oxygen atoms in total. The van der Waals surface area contributed by atoms with Gasteiger partial charge in [0.25, 0.3) is 0 Å². The maximum Gasteiger partial charge on any atom is 0.171 e. The van der Waals surface area contributed by atoms with Crippen LogP contribution >= 0.6 is 0 Å². The van der Waals surface area contributed by atoms with Crippen LogP contribution < -0.4 is 5.73 Å². The Morgan fingerprint density at radius 3 is 1.77 bits per heavy atom. The van der Waals surface area contributed by atoms with Crippen LogP contribution in [0.15, 0.2) is 0 Å². The molecule has 0 saturated heterocycles. The molecule has 1 unspecified atom stereocenters. The molecule has 3 heteroatoms. The van der Waals surface area contributed by atoms with Gasteiger partial charge < -0.3 is 15.2 Å². The highest BCUT2D eigenvalue weighted by Gasteiger charge is 2.38. The van der Waals surface area contributed by atoms with Crippen molar-refractivity contribution >= 4 is 0 Å². The topological polar surface area (TPSA) is 44.5 Å². The summed E-state index contributed by atoms with van der Waals surface area (Å²) in [5, 5.41) is 0. The number of nitrogens with two attached hydrogens (primary N) is 1. The third-order valence-electron chi connectivity index (χ3n) is 4.41. The van der Waals surface area contributed by atoms with Crippen molar-refractivity contribution in [3.63, 3.8) is 0 Å². The molecule has 0 amide bonds. The molecular formula is C19H41NO2. The Hall–Kier alpha value is -0.120. The molecule has 2 N–H and O–H groups in total. The Balaban J connectivity index is 4.46. The standard InChI is InChI=1S/C19H41NO2/c1-5-9-10-11-12-13-14-18(17-20)19(8-4,21-15-6-2)22-16-7-3/h18H,5-17,20H2,1-4H3. The summed E-state index contributed by atoms with van der Waals surface area (Å²) in [5.41, 5.74) is 6.08. The molecule has 0 rings (SSSR count). The van der Waals surface area contributed by atoms with Gasteiger partial charge in [-0.25, -0.2) is 0 Å². The summed E-state index contributed by atoms with van der Waals surface area (Å²) in [5.74, 6) is -0.161. The van der Waals surface area contributed by atoms with E-state index >= 15 is 0 Å². The third-order valence-corrected chi connectivity index (χ3v) is 4.41. The molecule has 0 bridgehead atoms. The highest BCUT2D eigenvalue weighted by molar-refractivity contribution is 4.80. The first-order chi connectivity index (χ1) is 10.7. The van der Waals surface area contributed by atoms with Crippen LogP contribution in [0.1, 0.15) is 91.9 Å². The first-order valence-corrected chi connectivity index (χ1v) is 9.68. The third kappa shape index (κ3) is 8.50. The van der Waals surface area contributed by atoms with Gasteiger partial charge in [-0.05, 0) is 25.7 Å². The summed E-state index contributed by atoms with van der Waals surface area (Å²) in [7, 11) is 0. The van der Waals surface area contributed by atoms with Crippen molar-refractivity contribution in [2.45, 2.75) is 97.7 Å². The van der Waals surface area contributed by atoms with Crippen molar-refractivity contribution in [3.8, 4) is 0 Å². The minimum atomic E-state index is -0.468. The largest absolute Gasteiger partial charge is 0.350 e. The molecule has 0 aliphatic heterocycles. The Labute approximate surface area is 139 Å². The molecule has 0 radical (unpaired) electrons. The van der Waals surface area contributed by atoms with Crippen LogP contribution in [0, 0.1) is 5.92 Å². The summed E-state index contributed by atoms with van der Waals surface area (Å²) in [6.45, 7) is 10.9. The van der Waals surface area contributed by atoms with Crippen molar-refractivity contribution in [2.75, 3.05) is 19.8 Å². The Morgan fingerprint density at radius 2 is 1.32 bits per heavy atom. The lowest BCUT2D eigenvalue weighted by molar-refractivity contribution is -0.268. The van der Waals surface area contributed by atoms with E-state index in [1.165, 1.54) is 38.5 Å². The highest BCUT2D eigenvalue weighted by atomic mass is 16.7. The number of hydrogen-bond acceptors (Lipinski definition) is 3. The minimum Gasteiger partial charge on any atom is -0.350 e.